The normalized spacial score (nSPS) is 18.8. The van der Waals surface area contributed by atoms with Crippen LogP contribution < -0.4 is 10.6 Å². The first-order valence-corrected chi connectivity index (χ1v) is 10.2. The summed E-state index contributed by atoms with van der Waals surface area (Å²) in [7, 11) is 0. The van der Waals surface area contributed by atoms with Gasteiger partial charge >= 0.3 is 0 Å². The summed E-state index contributed by atoms with van der Waals surface area (Å²) in [5.74, 6) is 0.223. The number of halogens is 2. The monoisotopic (exact) mass is 485 g/mol. The van der Waals surface area contributed by atoms with Crippen LogP contribution in [-0.4, -0.2) is 27.1 Å². The average Bonchev–Trinajstić information content (AvgIpc) is 3.21. The van der Waals surface area contributed by atoms with Crippen LogP contribution in [0.25, 0.3) is 0 Å². The predicted octanol–water partition coefficient (Wildman–Crippen LogP) is 4.49. The highest BCUT2D eigenvalue weighted by Crippen LogP contribution is 2.41. The zero-order valence-electron chi connectivity index (χ0n) is 17.8. The number of pyridine rings is 2. The summed E-state index contributed by atoms with van der Waals surface area (Å²) in [4.78, 5) is 21.2. The molecule has 1 aliphatic carbocycles. The number of carbonyl (C=O) groups is 1. The van der Waals surface area contributed by atoms with Gasteiger partial charge in [-0.05, 0) is 66.8 Å². The molecule has 1 fully saturated rings. The van der Waals surface area contributed by atoms with Crippen LogP contribution in [0, 0.1) is 11.3 Å². The van der Waals surface area contributed by atoms with E-state index in [1.807, 2.05) is 24.3 Å². The van der Waals surface area contributed by atoms with Crippen LogP contribution in [0.2, 0.25) is 0 Å². The molecule has 33 heavy (non-hydrogen) atoms. The minimum Gasteiger partial charge on any atom is -0.393 e. The Morgan fingerprint density at radius 3 is 2.48 bits per heavy atom. The maximum Gasteiger partial charge on any atom is 0.259 e. The second-order valence-corrected chi connectivity index (χ2v) is 7.73. The fraction of sp³-hybridized carbons (Fsp3) is 0.250. The van der Waals surface area contributed by atoms with Crippen LogP contribution in [0.5, 0.6) is 0 Å². The second kappa shape index (κ2) is 11.6. The van der Waals surface area contributed by atoms with Gasteiger partial charge in [0.25, 0.3) is 5.91 Å². The molecule has 1 aromatic carbocycles. The Kier molecular flexibility index (Phi) is 9.18. The van der Waals surface area contributed by atoms with E-state index in [1.54, 1.807) is 42.9 Å². The number of anilines is 2. The molecule has 0 radical (unpaired) electrons. The highest BCUT2D eigenvalue weighted by Gasteiger charge is 2.40. The van der Waals surface area contributed by atoms with Crippen molar-refractivity contribution >= 4 is 42.2 Å². The van der Waals surface area contributed by atoms with Crippen molar-refractivity contribution < 1.29 is 9.90 Å². The minimum absolute atomic E-state index is 0. The molecule has 3 N–H and O–H groups in total. The Labute approximate surface area is 205 Å². The third kappa shape index (κ3) is 5.99. The molecule has 0 spiro atoms. The summed E-state index contributed by atoms with van der Waals surface area (Å²) in [6.45, 7) is 0.524. The zero-order chi connectivity index (χ0) is 21.7. The van der Waals surface area contributed by atoms with Crippen molar-refractivity contribution in [3.63, 3.8) is 0 Å². The van der Waals surface area contributed by atoms with Gasteiger partial charge in [0.15, 0.2) is 0 Å². The topological polar surface area (TPSA) is 111 Å². The van der Waals surface area contributed by atoms with Gasteiger partial charge in [-0.3, -0.25) is 9.78 Å². The number of aliphatic hydroxyl groups excluding tert-OH is 1. The highest BCUT2D eigenvalue weighted by atomic mass is 35.5. The van der Waals surface area contributed by atoms with Gasteiger partial charge in [-0.2, -0.15) is 5.26 Å². The largest absolute Gasteiger partial charge is 0.393 e. The van der Waals surface area contributed by atoms with Crippen LogP contribution in [0.15, 0.2) is 67.1 Å². The first-order valence-electron chi connectivity index (χ1n) is 10.2. The molecule has 172 valence electrons. The Bertz CT molecular complexity index is 1110. The van der Waals surface area contributed by atoms with E-state index in [4.69, 9.17) is 0 Å². The number of nitrogens with one attached hydrogen (secondary N) is 2. The molecule has 0 aliphatic heterocycles. The number of hydrogen-bond donors (Lipinski definition) is 3. The molecule has 1 saturated carbocycles. The maximum absolute atomic E-state index is 12.9. The van der Waals surface area contributed by atoms with E-state index >= 15 is 0 Å². The van der Waals surface area contributed by atoms with Crippen molar-refractivity contribution in [2.75, 3.05) is 10.6 Å². The molecule has 9 heteroatoms. The standard InChI is InChI=1S/C24H23N5O2.2ClH/c25-16-24(10-7-20(30)14-24)18-3-5-19(6-4-18)29-23(31)21-2-1-11-27-22(21)28-15-17-8-12-26-13-9-17;;/h1-6,8-9,11-13,20,30H,7,10,14-15H2,(H,27,28)(H,29,31);2*1H/t20-,24-;;/m0../s1. The molecule has 1 aliphatic rings. The molecular formula is C24H25Cl2N5O2. The van der Waals surface area contributed by atoms with Gasteiger partial charge in [0.05, 0.1) is 23.2 Å². The summed E-state index contributed by atoms with van der Waals surface area (Å²) in [5, 5.41) is 25.6. The van der Waals surface area contributed by atoms with Crippen molar-refractivity contribution in [3.05, 3.63) is 83.8 Å². The molecule has 2 atom stereocenters. The van der Waals surface area contributed by atoms with Crippen LogP contribution in [0.1, 0.15) is 40.7 Å². The lowest BCUT2D eigenvalue weighted by atomic mass is 9.80. The van der Waals surface area contributed by atoms with Gasteiger partial charge < -0.3 is 15.7 Å². The third-order valence-corrected chi connectivity index (χ3v) is 5.66. The molecule has 4 rings (SSSR count). The van der Waals surface area contributed by atoms with E-state index < -0.39 is 11.5 Å². The van der Waals surface area contributed by atoms with Crippen molar-refractivity contribution in [1.29, 1.82) is 5.26 Å². The molecule has 1 amide bonds. The average molecular weight is 486 g/mol. The van der Waals surface area contributed by atoms with E-state index in [1.165, 1.54) is 0 Å². The van der Waals surface area contributed by atoms with Gasteiger partial charge in [0.1, 0.15) is 5.82 Å². The molecule has 2 heterocycles. The van der Waals surface area contributed by atoms with Crippen LogP contribution in [0.4, 0.5) is 11.5 Å². The smallest absolute Gasteiger partial charge is 0.259 e. The molecule has 2 aromatic heterocycles. The van der Waals surface area contributed by atoms with Gasteiger partial charge in [-0.25, -0.2) is 4.98 Å². The Balaban J connectivity index is 0.00000193. The van der Waals surface area contributed by atoms with Crippen molar-refractivity contribution in [2.45, 2.75) is 37.3 Å². The van der Waals surface area contributed by atoms with Crippen LogP contribution in [0.3, 0.4) is 0 Å². The maximum atomic E-state index is 12.9. The zero-order valence-corrected chi connectivity index (χ0v) is 19.4. The number of benzene rings is 1. The van der Waals surface area contributed by atoms with Gasteiger partial charge in [-0.1, -0.05) is 12.1 Å². The predicted molar refractivity (Wildman–Crippen MR) is 132 cm³/mol. The number of nitriles is 1. The number of hydrogen-bond acceptors (Lipinski definition) is 6. The minimum atomic E-state index is -0.657. The summed E-state index contributed by atoms with van der Waals surface area (Å²) in [6.07, 6.45) is 6.34. The SMILES string of the molecule is Cl.Cl.N#C[C@]1(c2ccc(NC(=O)c3cccnc3NCc3ccncc3)cc2)CC[C@H](O)C1. The third-order valence-electron chi connectivity index (χ3n) is 5.66. The number of aliphatic hydroxyl groups is 1. The number of carbonyl (C=O) groups excluding carboxylic acids is 1. The lowest BCUT2D eigenvalue weighted by Crippen LogP contribution is -2.21. The number of amides is 1. The van der Waals surface area contributed by atoms with Crippen LogP contribution in [-0.2, 0) is 12.0 Å². The summed E-state index contributed by atoms with van der Waals surface area (Å²) in [6, 6.07) is 16.9. The number of nitrogens with zero attached hydrogens (tertiary/aromatic N) is 3. The molecule has 0 bridgehead atoms. The van der Waals surface area contributed by atoms with Crippen molar-refractivity contribution in [1.82, 2.24) is 9.97 Å². The van der Waals surface area contributed by atoms with Crippen LogP contribution >= 0.6 is 24.8 Å². The molecule has 3 aromatic rings. The highest BCUT2D eigenvalue weighted by molar-refractivity contribution is 6.07. The lowest BCUT2D eigenvalue weighted by Gasteiger charge is -2.21. The molecule has 0 saturated heterocycles. The number of rotatable bonds is 6. The lowest BCUT2D eigenvalue weighted by molar-refractivity contribution is 0.102. The summed E-state index contributed by atoms with van der Waals surface area (Å²) >= 11 is 0. The van der Waals surface area contributed by atoms with E-state index in [-0.39, 0.29) is 30.7 Å². The van der Waals surface area contributed by atoms with Gasteiger partial charge in [-0.15, -0.1) is 24.8 Å². The van der Waals surface area contributed by atoms with E-state index in [0.29, 0.717) is 42.9 Å². The van der Waals surface area contributed by atoms with E-state index in [0.717, 1.165) is 11.1 Å². The Hall–Kier alpha value is -3.18. The van der Waals surface area contributed by atoms with Crippen molar-refractivity contribution in [3.8, 4) is 6.07 Å². The molecule has 0 unspecified atom stereocenters. The Morgan fingerprint density at radius 1 is 1.12 bits per heavy atom. The fourth-order valence-electron chi connectivity index (χ4n) is 3.93. The van der Waals surface area contributed by atoms with Gasteiger partial charge in [0, 0.05) is 30.8 Å². The first kappa shape index (κ1) is 26.1. The second-order valence-electron chi connectivity index (χ2n) is 7.73. The molecule has 7 nitrogen and oxygen atoms in total. The summed E-state index contributed by atoms with van der Waals surface area (Å²) < 4.78 is 0. The molecular weight excluding hydrogens is 461 g/mol. The number of aromatic nitrogens is 2. The van der Waals surface area contributed by atoms with Gasteiger partial charge in [0.2, 0.25) is 0 Å². The quantitative estimate of drug-likeness (QED) is 0.474. The van der Waals surface area contributed by atoms with E-state index in [2.05, 4.69) is 26.7 Å². The Morgan fingerprint density at radius 2 is 1.85 bits per heavy atom. The van der Waals surface area contributed by atoms with E-state index in [9.17, 15) is 15.2 Å². The summed E-state index contributed by atoms with van der Waals surface area (Å²) in [5.41, 5.74) is 2.31. The first-order chi connectivity index (χ1) is 15.1. The fourth-order valence-corrected chi connectivity index (χ4v) is 3.93. The van der Waals surface area contributed by atoms with Crippen molar-refractivity contribution in [2.24, 2.45) is 0 Å².